The molecule has 6 heteroatoms. The Morgan fingerprint density at radius 1 is 1.08 bits per heavy atom. The quantitative estimate of drug-likeness (QED) is 0.860. The van der Waals surface area contributed by atoms with Crippen molar-refractivity contribution in [3.63, 3.8) is 0 Å². The molecule has 3 rings (SSSR count). The number of nitrogens with zero attached hydrogens (tertiary/aromatic N) is 3. The monoisotopic (exact) mass is 349 g/mol. The topological polar surface area (TPSA) is 73.2 Å². The minimum atomic E-state index is -1.01. The van der Waals surface area contributed by atoms with Crippen LogP contribution in [-0.2, 0) is 4.79 Å². The highest BCUT2D eigenvalue weighted by Gasteiger charge is 2.28. The number of carboxylic acids is 1. The maximum atomic E-state index is 12.7. The highest BCUT2D eigenvalue weighted by atomic mass is 16.4. The molecular weight excluding hydrogens is 330 g/mol. The predicted molar refractivity (Wildman–Crippen MR) is 103 cm³/mol. The Hall–Kier alpha value is -3.41. The Morgan fingerprint density at radius 2 is 1.69 bits per heavy atom. The van der Waals surface area contributed by atoms with Gasteiger partial charge in [0.05, 0.1) is 22.5 Å². The van der Waals surface area contributed by atoms with Gasteiger partial charge in [0, 0.05) is 19.8 Å². The molecule has 1 amide bonds. The number of carbonyl (C=O) groups excluding carboxylic acids is 1. The molecule has 0 fully saturated rings. The average molecular weight is 349 g/mol. The highest BCUT2D eigenvalue weighted by Crippen LogP contribution is 2.25. The lowest BCUT2D eigenvalue weighted by Gasteiger charge is -2.12. The Bertz CT molecular complexity index is 910. The van der Waals surface area contributed by atoms with E-state index in [0.717, 1.165) is 11.3 Å². The van der Waals surface area contributed by atoms with Crippen molar-refractivity contribution < 1.29 is 14.7 Å². The molecular formula is C20H19N3O3. The number of anilines is 2. The van der Waals surface area contributed by atoms with E-state index in [1.807, 2.05) is 49.3 Å². The molecule has 0 aromatic heterocycles. The summed E-state index contributed by atoms with van der Waals surface area (Å²) in [6.45, 7) is 1.78. The molecule has 0 aliphatic carbocycles. The number of hydrazone groups is 1. The van der Waals surface area contributed by atoms with E-state index in [4.69, 9.17) is 5.11 Å². The van der Waals surface area contributed by atoms with Crippen molar-refractivity contribution in [2.45, 2.75) is 6.92 Å². The van der Waals surface area contributed by atoms with Crippen molar-refractivity contribution >= 4 is 35.0 Å². The van der Waals surface area contributed by atoms with Gasteiger partial charge < -0.3 is 10.0 Å². The molecule has 0 radical (unpaired) electrons. The number of hydrogen-bond donors (Lipinski definition) is 1. The number of rotatable bonds is 4. The van der Waals surface area contributed by atoms with Gasteiger partial charge in [-0.3, -0.25) is 4.79 Å². The van der Waals surface area contributed by atoms with Crippen molar-refractivity contribution in [3.8, 4) is 0 Å². The van der Waals surface area contributed by atoms with Gasteiger partial charge in [-0.2, -0.15) is 10.1 Å². The molecule has 0 atom stereocenters. The van der Waals surface area contributed by atoms with Gasteiger partial charge in [0.25, 0.3) is 5.91 Å². The lowest BCUT2D eigenvalue weighted by atomic mass is 10.1. The highest BCUT2D eigenvalue weighted by molar-refractivity contribution is 6.32. The first-order valence-electron chi connectivity index (χ1n) is 8.09. The van der Waals surface area contributed by atoms with Crippen LogP contribution >= 0.6 is 0 Å². The van der Waals surface area contributed by atoms with E-state index in [1.165, 1.54) is 17.1 Å². The smallest absolute Gasteiger partial charge is 0.335 e. The lowest BCUT2D eigenvalue weighted by Crippen LogP contribution is -2.21. The first-order valence-corrected chi connectivity index (χ1v) is 8.09. The zero-order valence-corrected chi connectivity index (χ0v) is 14.8. The predicted octanol–water partition coefficient (Wildman–Crippen LogP) is 3.26. The molecule has 132 valence electrons. The van der Waals surface area contributed by atoms with E-state index in [2.05, 4.69) is 5.10 Å². The summed E-state index contributed by atoms with van der Waals surface area (Å²) in [5.41, 5.74) is 3.83. The molecule has 0 saturated heterocycles. The molecule has 0 bridgehead atoms. The van der Waals surface area contributed by atoms with Gasteiger partial charge in [-0.1, -0.05) is 12.1 Å². The minimum absolute atomic E-state index is 0.165. The van der Waals surface area contributed by atoms with Crippen molar-refractivity contribution in [1.29, 1.82) is 0 Å². The summed E-state index contributed by atoms with van der Waals surface area (Å²) in [4.78, 5) is 25.7. The SMILES string of the molecule is CC1=NN(c2ccc(C(=O)O)cc2)C(=O)/C1=C/c1ccc(N(C)C)cc1. The number of aromatic carboxylic acids is 1. The van der Waals surface area contributed by atoms with Crippen LogP contribution in [0.3, 0.4) is 0 Å². The number of hydrogen-bond acceptors (Lipinski definition) is 4. The van der Waals surface area contributed by atoms with E-state index in [-0.39, 0.29) is 11.5 Å². The Balaban J connectivity index is 1.86. The molecule has 1 N–H and O–H groups in total. The van der Waals surface area contributed by atoms with Crippen LogP contribution in [0.2, 0.25) is 0 Å². The maximum absolute atomic E-state index is 12.7. The van der Waals surface area contributed by atoms with Crippen LogP contribution < -0.4 is 9.91 Å². The molecule has 6 nitrogen and oxygen atoms in total. The van der Waals surface area contributed by atoms with Gasteiger partial charge in [0.15, 0.2) is 0 Å². The largest absolute Gasteiger partial charge is 0.478 e. The number of carboxylic acid groups (broad SMARTS) is 1. The van der Waals surface area contributed by atoms with Crippen LogP contribution in [0.5, 0.6) is 0 Å². The molecule has 0 unspecified atom stereocenters. The number of carbonyl (C=O) groups is 2. The summed E-state index contributed by atoms with van der Waals surface area (Å²) >= 11 is 0. The third-order valence-corrected chi connectivity index (χ3v) is 4.14. The fraction of sp³-hybridized carbons (Fsp3) is 0.150. The minimum Gasteiger partial charge on any atom is -0.478 e. The molecule has 2 aromatic carbocycles. The molecule has 2 aromatic rings. The Labute approximate surface area is 151 Å². The van der Waals surface area contributed by atoms with Gasteiger partial charge >= 0.3 is 5.97 Å². The molecule has 1 aliphatic heterocycles. The van der Waals surface area contributed by atoms with Crippen molar-refractivity contribution in [2.75, 3.05) is 24.0 Å². The maximum Gasteiger partial charge on any atom is 0.335 e. The van der Waals surface area contributed by atoms with Crippen LogP contribution in [-0.4, -0.2) is 36.8 Å². The summed E-state index contributed by atoms with van der Waals surface area (Å²) in [6, 6.07) is 13.9. The number of benzene rings is 2. The Morgan fingerprint density at radius 3 is 2.23 bits per heavy atom. The normalized spacial score (nSPS) is 15.3. The van der Waals surface area contributed by atoms with Crippen LogP contribution in [0.15, 0.2) is 59.2 Å². The van der Waals surface area contributed by atoms with Crippen LogP contribution in [0, 0.1) is 0 Å². The fourth-order valence-corrected chi connectivity index (χ4v) is 2.64. The first kappa shape index (κ1) is 17.4. The third-order valence-electron chi connectivity index (χ3n) is 4.14. The first-order chi connectivity index (χ1) is 12.4. The van der Waals surface area contributed by atoms with E-state index in [9.17, 15) is 9.59 Å². The second-order valence-electron chi connectivity index (χ2n) is 6.20. The van der Waals surface area contributed by atoms with E-state index < -0.39 is 5.97 Å². The van der Waals surface area contributed by atoms with Gasteiger partial charge in [-0.15, -0.1) is 0 Å². The summed E-state index contributed by atoms with van der Waals surface area (Å²) in [7, 11) is 3.94. The lowest BCUT2D eigenvalue weighted by molar-refractivity contribution is -0.114. The second-order valence-corrected chi connectivity index (χ2v) is 6.20. The summed E-state index contributed by atoms with van der Waals surface area (Å²) in [5, 5.41) is 14.6. The molecule has 0 spiro atoms. The van der Waals surface area contributed by atoms with Gasteiger partial charge in [0.1, 0.15) is 0 Å². The summed E-state index contributed by atoms with van der Waals surface area (Å²) in [5.74, 6) is -1.24. The molecule has 0 saturated carbocycles. The summed E-state index contributed by atoms with van der Waals surface area (Å²) in [6.07, 6.45) is 1.81. The third kappa shape index (κ3) is 3.35. The standard InChI is InChI=1S/C20H19N3O3/c1-13-18(12-14-4-8-16(9-5-14)22(2)3)19(24)23(21-13)17-10-6-15(7-11-17)20(25)26/h4-12H,1-3H3,(H,25,26)/b18-12+. The molecule has 26 heavy (non-hydrogen) atoms. The average Bonchev–Trinajstić information content (AvgIpc) is 2.90. The molecule has 1 heterocycles. The van der Waals surface area contributed by atoms with Crippen molar-refractivity contribution in [1.82, 2.24) is 0 Å². The van der Waals surface area contributed by atoms with Gasteiger partial charge in [-0.25, -0.2) is 4.79 Å². The van der Waals surface area contributed by atoms with Crippen LogP contribution in [0.25, 0.3) is 6.08 Å². The van der Waals surface area contributed by atoms with Crippen molar-refractivity contribution in [3.05, 3.63) is 65.2 Å². The zero-order valence-electron chi connectivity index (χ0n) is 14.8. The molecule has 1 aliphatic rings. The van der Waals surface area contributed by atoms with Crippen LogP contribution in [0.1, 0.15) is 22.8 Å². The van der Waals surface area contributed by atoms with Gasteiger partial charge in [0.2, 0.25) is 0 Å². The van der Waals surface area contributed by atoms with Gasteiger partial charge in [-0.05, 0) is 55.0 Å². The van der Waals surface area contributed by atoms with E-state index >= 15 is 0 Å². The Kier molecular flexibility index (Phi) is 4.58. The zero-order chi connectivity index (χ0) is 18.8. The fourth-order valence-electron chi connectivity index (χ4n) is 2.64. The van der Waals surface area contributed by atoms with E-state index in [0.29, 0.717) is 17.0 Å². The number of amides is 1. The summed E-state index contributed by atoms with van der Waals surface area (Å²) < 4.78 is 0. The second kappa shape index (κ2) is 6.84. The van der Waals surface area contributed by atoms with Crippen LogP contribution in [0.4, 0.5) is 11.4 Å². The van der Waals surface area contributed by atoms with Crippen molar-refractivity contribution in [2.24, 2.45) is 5.10 Å². The van der Waals surface area contributed by atoms with E-state index in [1.54, 1.807) is 19.1 Å².